The van der Waals surface area contributed by atoms with Crippen LogP contribution in [-0.4, -0.2) is 33.6 Å². The zero-order valence-corrected chi connectivity index (χ0v) is 24.0. The third-order valence-corrected chi connectivity index (χ3v) is 8.27. The molecule has 0 fully saturated rings. The van der Waals surface area contributed by atoms with Gasteiger partial charge in [-0.25, -0.2) is 4.79 Å². The number of benzene rings is 4. The van der Waals surface area contributed by atoms with Crippen LogP contribution in [0.25, 0.3) is 22.5 Å². The summed E-state index contributed by atoms with van der Waals surface area (Å²) in [7, 11) is 0. The molecule has 0 saturated heterocycles. The van der Waals surface area contributed by atoms with Gasteiger partial charge in [-0.1, -0.05) is 93.9 Å². The van der Waals surface area contributed by atoms with E-state index in [1.54, 1.807) is 11.0 Å². The third-order valence-electron chi connectivity index (χ3n) is 7.77. The zero-order chi connectivity index (χ0) is 28.6. The van der Waals surface area contributed by atoms with Crippen molar-refractivity contribution in [2.75, 3.05) is 6.61 Å². The highest BCUT2D eigenvalue weighted by molar-refractivity contribution is 9.10. The minimum Gasteiger partial charge on any atom is -0.448 e. The minimum atomic E-state index is -0.398. The first-order valence-electron chi connectivity index (χ1n) is 13.6. The van der Waals surface area contributed by atoms with E-state index in [4.69, 9.17) is 9.26 Å². The maximum Gasteiger partial charge on any atom is 0.410 e. The van der Waals surface area contributed by atoms with E-state index in [0.29, 0.717) is 30.4 Å². The average molecular weight is 621 g/mol. The first kappa shape index (κ1) is 26.2. The number of rotatable bonds is 6. The number of hydrogen-bond acceptors (Lipinski definition) is 6. The summed E-state index contributed by atoms with van der Waals surface area (Å²) < 4.78 is 12.1. The molecule has 2 heterocycles. The Morgan fingerprint density at radius 1 is 0.929 bits per heavy atom. The molecule has 0 atom stereocenters. The lowest BCUT2D eigenvalue weighted by atomic mass is 9.98. The van der Waals surface area contributed by atoms with Crippen molar-refractivity contribution in [3.63, 3.8) is 0 Å². The Kier molecular flexibility index (Phi) is 6.79. The first-order chi connectivity index (χ1) is 20.5. The monoisotopic (exact) mass is 620 g/mol. The fourth-order valence-corrected chi connectivity index (χ4v) is 6.17. The van der Waals surface area contributed by atoms with Crippen molar-refractivity contribution in [1.82, 2.24) is 20.4 Å². The number of amides is 2. The van der Waals surface area contributed by atoms with Crippen molar-refractivity contribution in [3.05, 3.63) is 129 Å². The normalized spacial score (nSPS) is 13.4. The van der Waals surface area contributed by atoms with Gasteiger partial charge in [0.25, 0.3) is 5.91 Å². The fourth-order valence-electron chi connectivity index (χ4n) is 5.77. The van der Waals surface area contributed by atoms with Gasteiger partial charge in [-0.2, -0.15) is 4.98 Å². The Morgan fingerprint density at radius 3 is 2.43 bits per heavy atom. The average Bonchev–Trinajstić information content (AvgIpc) is 3.75. The number of nitrogens with one attached hydrogen (secondary N) is 1. The van der Waals surface area contributed by atoms with E-state index in [1.807, 2.05) is 60.7 Å². The Labute approximate surface area is 250 Å². The molecule has 208 valence electrons. The van der Waals surface area contributed by atoms with Crippen LogP contribution in [0.1, 0.15) is 44.4 Å². The van der Waals surface area contributed by atoms with Gasteiger partial charge in [0.05, 0.1) is 13.1 Å². The smallest absolute Gasteiger partial charge is 0.410 e. The molecule has 1 aromatic heterocycles. The molecule has 0 unspecified atom stereocenters. The van der Waals surface area contributed by atoms with E-state index in [-0.39, 0.29) is 25.0 Å². The number of halogens is 1. The lowest BCUT2D eigenvalue weighted by Crippen LogP contribution is -2.28. The van der Waals surface area contributed by atoms with Crippen LogP contribution in [0, 0.1) is 0 Å². The first-order valence-corrected chi connectivity index (χ1v) is 14.4. The molecule has 1 N–H and O–H groups in total. The van der Waals surface area contributed by atoms with E-state index >= 15 is 0 Å². The van der Waals surface area contributed by atoms with Crippen molar-refractivity contribution < 1.29 is 18.8 Å². The summed E-state index contributed by atoms with van der Waals surface area (Å²) in [5, 5.41) is 6.89. The fraction of sp³-hybridized carbons (Fsp3) is 0.152. The van der Waals surface area contributed by atoms with Crippen LogP contribution in [-0.2, 0) is 24.4 Å². The van der Waals surface area contributed by atoms with Gasteiger partial charge < -0.3 is 14.6 Å². The summed E-state index contributed by atoms with van der Waals surface area (Å²) in [6.07, 6.45) is -0.398. The van der Waals surface area contributed by atoms with Crippen LogP contribution >= 0.6 is 15.9 Å². The summed E-state index contributed by atoms with van der Waals surface area (Å²) >= 11 is 3.44. The molecule has 0 bridgehead atoms. The Balaban J connectivity index is 0.996. The van der Waals surface area contributed by atoms with Gasteiger partial charge in [-0.05, 0) is 51.6 Å². The van der Waals surface area contributed by atoms with Crippen LogP contribution in [0.4, 0.5) is 4.79 Å². The minimum absolute atomic E-state index is 0.0127. The van der Waals surface area contributed by atoms with Gasteiger partial charge in [-0.15, -0.1) is 0 Å². The van der Waals surface area contributed by atoms with E-state index < -0.39 is 6.09 Å². The predicted molar refractivity (Wildman–Crippen MR) is 159 cm³/mol. The summed E-state index contributed by atoms with van der Waals surface area (Å²) in [5.41, 5.74) is 7.75. The Bertz CT molecular complexity index is 1790. The van der Waals surface area contributed by atoms with Crippen LogP contribution in [0.5, 0.6) is 0 Å². The van der Waals surface area contributed by atoms with E-state index in [1.165, 1.54) is 22.3 Å². The molecule has 5 aromatic rings. The summed E-state index contributed by atoms with van der Waals surface area (Å²) in [5.74, 6) is 0.454. The molecule has 42 heavy (non-hydrogen) atoms. The molecule has 7 rings (SSSR count). The Hall–Kier alpha value is -4.76. The molecule has 2 amide bonds. The van der Waals surface area contributed by atoms with E-state index in [2.05, 4.69) is 55.7 Å². The van der Waals surface area contributed by atoms with E-state index in [9.17, 15) is 9.59 Å². The molecule has 0 radical (unpaired) electrons. The Morgan fingerprint density at radius 2 is 1.67 bits per heavy atom. The van der Waals surface area contributed by atoms with Gasteiger partial charge in [-0.3, -0.25) is 9.69 Å². The molecule has 1 aliphatic carbocycles. The zero-order valence-electron chi connectivity index (χ0n) is 22.4. The predicted octanol–water partition coefficient (Wildman–Crippen LogP) is 6.69. The molecular weight excluding hydrogens is 596 g/mol. The molecular formula is C33H25BrN4O4. The van der Waals surface area contributed by atoms with Gasteiger partial charge >= 0.3 is 6.09 Å². The van der Waals surface area contributed by atoms with Crippen LogP contribution in [0.3, 0.4) is 0 Å². The summed E-state index contributed by atoms with van der Waals surface area (Å²) in [6.45, 7) is 1.01. The van der Waals surface area contributed by atoms with Gasteiger partial charge in [0.1, 0.15) is 6.61 Å². The second-order valence-electron chi connectivity index (χ2n) is 10.3. The van der Waals surface area contributed by atoms with Crippen LogP contribution < -0.4 is 5.32 Å². The lowest BCUT2D eigenvalue weighted by molar-refractivity contribution is 0.0935. The number of ether oxygens (including phenoxy) is 1. The largest absolute Gasteiger partial charge is 0.448 e. The highest BCUT2D eigenvalue weighted by Crippen LogP contribution is 2.44. The summed E-state index contributed by atoms with van der Waals surface area (Å²) in [4.78, 5) is 32.4. The SMILES string of the molecule is O=C(NCc1nc(-c2cccc(Br)c2)no1)c1cccc2c1CN(C(=O)OCC1c3ccccc3-c3ccccc31)C2. The molecule has 8 nitrogen and oxygen atoms in total. The summed E-state index contributed by atoms with van der Waals surface area (Å²) in [6, 6.07) is 29.6. The maximum atomic E-state index is 13.2. The molecule has 0 spiro atoms. The van der Waals surface area contributed by atoms with Gasteiger partial charge in [0, 0.05) is 28.1 Å². The van der Waals surface area contributed by atoms with Gasteiger partial charge in [0.2, 0.25) is 11.7 Å². The van der Waals surface area contributed by atoms with Gasteiger partial charge in [0.15, 0.2) is 0 Å². The molecule has 1 aliphatic heterocycles. The van der Waals surface area contributed by atoms with Crippen LogP contribution in [0.15, 0.2) is 100.0 Å². The second kappa shape index (κ2) is 10.9. The quantitative estimate of drug-likeness (QED) is 0.227. The molecule has 2 aliphatic rings. The van der Waals surface area contributed by atoms with Crippen molar-refractivity contribution in [1.29, 1.82) is 0 Å². The number of carbonyl (C=O) groups is 2. The van der Waals surface area contributed by atoms with Crippen molar-refractivity contribution in [2.45, 2.75) is 25.6 Å². The highest BCUT2D eigenvalue weighted by Gasteiger charge is 2.32. The second-order valence-corrected chi connectivity index (χ2v) is 11.2. The lowest BCUT2D eigenvalue weighted by Gasteiger charge is -2.19. The van der Waals surface area contributed by atoms with Crippen molar-refractivity contribution >= 4 is 27.9 Å². The standard InChI is InChI=1S/C33H25BrN4O4/c34-22-9-5-7-20(15-22)31-36-30(42-37-31)16-35-32(39)27-14-6-8-21-17-38(18-28(21)27)33(40)41-19-29-25-12-3-1-10-23(25)24-11-2-4-13-26(24)29/h1-15,29H,16-19H2,(H,35,39). The van der Waals surface area contributed by atoms with E-state index in [0.717, 1.165) is 21.2 Å². The number of fused-ring (bicyclic) bond motifs is 4. The topological polar surface area (TPSA) is 97.6 Å². The molecule has 9 heteroatoms. The number of carbonyl (C=O) groups excluding carboxylic acids is 2. The third kappa shape index (κ3) is 4.86. The number of nitrogens with zero attached hydrogens (tertiary/aromatic N) is 3. The number of hydrogen-bond donors (Lipinski definition) is 1. The molecule has 4 aromatic carbocycles. The maximum absolute atomic E-state index is 13.2. The van der Waals surface area contributed by atoms with Crippen molar-refractivity contribution in [2.24, 2.45) is 0 Å². The molecule has 0 saturated carbocycles. The number of aromatic nitrogens is 2. The van der Waals surface area contributed by atoms with Crippen molar-refractivity contribution in [3.8, 4) is 22.5 Å². The van der Waals surface area contributed by atoms with Crippen LogP contribution in [0.2, 0.25) is 0 Å². The highest BCUT2D eigenvalue weighted by atomic mass is 79.9.